The van der Waals surface area contributed by atoms with Crippen LogP contribution in [0, 0.1) is 0 Å². The number of benzene rings is 1. The Kier molecular flexibility index (Phi) is 10.2. The Hall–Kier alpha value is -0.900. The summed E-state index contributed by atoms with van der Waals surface area (Å²) in [5.74, 6) is 0. The molecular weight excluding hydrogens is 308 g/mol. The number of unbranched alkanes of at least 4 members (excludes halogenated alkanes) is 3. The van der Waals surface area contributed by atoms with E-state index in [1.54, 1.807) is 0 Å². The van der Waals surface area contributed by atoms with Gasteiger partial charge in [-0.15, -0.1) is 0 Å². The van der Waals surface area contributed by atoms with Gasteiger partial charge in [-0.3, -0.25) is 0 Å². The highest BCUT2D eigenvalue weighted by molar-refractivity contribution is 5.18. The molecule has 0 amide bonds. The predicted octanol–water partition coefficient (Wildman–Crippen LogP) is 4.52. The lowest BCUT2D eigenvalue weighted by Gasteiger charge is -2.28. The van der Waals surface area contributed by atoms with Crippen molar-refractivity contribution in [1.29, 1.82) is 0 Å². The maximum atomic E-state index is 10.8. The fraction of sp³-hybridized carbons (Fsp3) is 0.727. The molecule has 2 unspecified atom stereocenters. The van der Waals surface area contributed by atoms with Crippen molar-refractivity contribution in [3.05, 3.63) is 35.9 Å². The van der Waals surface area contributed by atoms with Crippen molar-refractivity contribution in [2.45, 2.75) is 76.9 Å². The summed E-state index contributed by atoms with van der Waals surface area (Å²) < 4.78 is 0. The Morgan fingerprint density at radius 3 is 2.48 bits per heavy atom. The third-order valence-electron chi connectivity index (χ3n) is 5.40. The standard InChI is InChI=1S/C22H38N2O/c1-2-3-4-9-15-21(22(25)20-13-7-5-8-14-20)23-16-12-19-24-17-10-6-11-18-24/h5,7-8,13-14,21-23,25H,2-4,6,9-12,15-19H2,1H3. The summed E-state index contributed by atoms with van der Waals surface area (Å²) >= 11 is 0. The molecular formula is C22H38N2O. The number of nitrogens with zero attached hydrogens (tertiary/aromatic N) is 1. The molecule has 1 aromatic carbocycles. The van der Waals surface area contributed by atoms with Crippen LogP contribution in [0.5, 0.6) is 0 Å². The highest BCUT2D eigenvalue weighted by Crippen LogP contribution is 2.21. The van der Waals surface area contributed by atoms with Crippen LogP contribution in [0.3, 0.4) is 0 Å². The summed E-state index contributed by atoms with van der Waals surface area (Å²) in [5.41, 5.74) is 1.03. The van der Waals surface area contributed by atoms with Crippen LogP contribution >= 0.6 is 0 Å². The average molecular weight is 347 g/mol. The molecule has 1 fully saturated rings. The second-order valence-electron chi connectivity index (χ2n) is 7.52. The Bertz CT molecular complexity index is 431. The first-order valence-electron chi connectivity index (χ1n) is 10.5. The zero-order valence-corrected chi connectivity index (χ0v) is 16.1. The predicted molar refractivity (Wildman–Crippen MR) is 107 cm³/mol. The van der Waals surface area contributed by atoms with E-state index in [0.29, 0.717) is 0 Å². The van der Waals surface area contributed by atoms with Gasteiger partial charge >= 0.3 is 0 Å². The van der Waals surface area contributed by atoms with Gasteiger partial charge in [-0.25, -0.2) is 0 Å². The van der Waals surface area contributed by atoms with Gasteiger partial charge in [0.15, 0.2) is 0 Å². The SMILES string of the molecule is CCCCCCC(NCCCN1CCCCC1)C(O)c1ccccc1. The molecule has 0 bridgehead atoms. The van der Waals surface area contributed by atoms with Gasteiger partial charge in [0.1, 0.15) is 0 Å². The number of aliphatic hydroxyl groups is 1. The van der Waals surface area contributed by atoms with Crippen molar-refractivity contribution in [3.63, 3.8) is 0 Å². The molecule has 1 aliphatic rings. The van der Waals surface area contributed by atoms with Crippen LogP contribution in [-0.4, -0.2) is 42.2 Å². The van der Waals surface area contributed by atoms with Crippen molar-refractivity contribution < 1.29 is 5.11 Å². The largest absolute Gasteiger partial charge is 0.387 e. The van der Waals surface area contributed by atoms with Gasteiger partial charge in [-0.05, 0) is 57.4 Å². The Labute approximate surface area is 154 Å². The molecule has 2 N–H and O–H groups in total. The van der Waals surface area contributed by atoms with E-state index in [2.05, 4.69) is 17.1 Å². The van der Waals surface area contributed by atoms with Gasteiger partial charge in [-0.2, -0.15) is 0 Å². The molecule has 1 heterocycles. The molecule has 0 aliphatic carbocycles. The molecule has 1 aliphatic heterocycles. The Morgan fingerprint density at radius 2 is 1.76 bits per heavy atom. The number of hydrogen-bond donors (Lipinski definition) is 2. The van der Waals surface area contributed by atoms with E-state index in [1.807, 2.05) is 30.3 Å². The van der Waals surface area contributed by atoms with Gasteiger partial charge in [0.25, 0.3) is 0 Å². The molecule has 2 rings (SSSR count). The summed E-state index contributed by atoms with van der Waals surface area (Å²) in [6.45, 7) is 6.98. The first kappa shape index (κ1) is 20.4. The van der Waals surface area contributed by atoms with Crippen LogP contribution in [-0.2, 0) is 0 Å². The minimum absolute atomic E-state index is 0.167. The molecule has 1 aromatic rings. The van der Waals surface area contributed by atoms with Gasteiger partial charge < -0.3 is 15.3 Å². The van der Waals surface area contributed by atoms with E-state index in [9.17, 15) is 5.11 Å². The number of likely N-dealkylation sites (tertiary alicyclic amines) is 1. The van der Waals surface area contributed by atoms with Crippen LogP contribution in [0.2, 0.25) is 0 Å². The van der Waals surface area contributed by atoms with Crippen molar-refractivity contribution in [2.75, 3.05) is 26.2 Å². The normalized spacial score (nSPS) is 18.2. The highest BCUT2D eigenvalue weighted by atomic mass is 16.3. The monoisotopic (exact) mass is 346 g/mol. The average Bonchev–Trinajstić information content (AvgIpc) is 2.67. The van der Waals surface area contributed by atoms with E-state index < -0.39 is 6.10 Å². The van der Waals surface area contributed by atoms with Gasteiger partial charge in [0.05, 0.1) is 6.10 Å². The van der Waals surface area contributed by atoms with Crippen LogP contribution in [0.1, 0.15) is 76.4 Å². The maximum absolute atomic E-state index is 10.8. The number of rotatable bonds is 12. The first-order valence-corrected chi connectivity index (χ1v) is 10.5. The van der Waals surface area contributed by atoms with Crippen molar-refractivity contribution in [2.24, 2.45) is 0 Å². The number of piperidine rings is 1. The van der Waals surface area contributed by atoms with Crippen LogP contribution in [0.4, 0.5) is 0 Å². The highest BCUT2D eigenvalue weighted by Gasteiger charge is 2.20. The molecule has 0 saturated carbocycles. The summed E-state index contributed by atoms with van der Waals surface area (Å²) in [6.07, 6.45) is 11.0. The van der Waals surface area contributed by atoms with Crippen molar-refractivity contribution in [3.8, 4) is 0 Å². The van der Waals surface area contributed by atoms with E-state index >= 15 is 0 Å². The number of hydrogen-bond acceptors (Lipinski definition) is 3. The minimum atomic E-state index is -0.405. The summed E-state index contributed by atoms with van der Waals surface area (Å²) in [6, 6.07) is 10.3. The summed E-state index contributed by atoms with van der Waals surface area (Å²) in [4.78, 5) is 2.59. The lowest BCUT2D eigenvalue weighted by Crippen LogP contribution is -2.38. The van der Waals surface area contributed by atoms with Crippen LogP contribution in [0.15, 0.2) is 30.3 Å². The van der Waals surface area contributed by atoms with Crippen LogP contribution < -0.4 is 5.32 Å². The van der Waals surface area contributed by atoms with Crippen molar-refractivity contribution >= 4 is 0 Å². The Balaban J connectivity index is 1.76. The molecule has 0 aromatic heterocycles. The minimum Gasteiger partial charge on any atom is -0.387 e. The fourth-order valence-electron chi connectivity index (χ4n) is 3.82. The topological polar surface area (TPSA) is 35.5 Å². The molecule has 1 saturated heterocycles. The smallest absolute Gasteiger partial charge is 0.0942 e. The number of aliphatic hydroxyl groups excluding tert-OH is 1. The second-order valence-corrected chi connectivity index (χ2v) is 7.52. The molecule has 3 heteroatoms. The molecule has 3 nitrogen and oxygen atoms in total. The fourth-order valence-corrected chi connectivity index (χ4v) is 3.82. The lowest BCUT2D eigenvalue weighted by molar-refractivity contribution is 0.120. The summed E-state index contributed by atoms with van der Waals surface area (Å²) in [7, 11) is 0. The quantitative estimate of drug-likeness (QED) is 0.546. The van der Waals surface area contributed by atoms with Crippen molar-refractivity contribution in [1.82, 2.24) is 10.2 Å². The second kappa shape index (κ2) is 12.5. The zero-order valence-electron chi connectivity index (χ0n) is 16.1. The molecule has 0 radical (unpaired) electrons. The molecule has 2 atom stereocenters. The van der Waals surface area contributed by atoms with E-state index in [1.165, 1.54) is 71.0 Å². The first-order chi connectivity index (χ1) is 12.3. The molecule has 0 spiro atoms. The molecule has 25 heavy (non-hydrogen) atoms. The lowest BCUT2D eigenvalue weighted by atomic mass is 9.97. The van der Waals surface area contributed by atoms with E-state index in [4.69, 9.17) is 0 Å². The van der Waals surface area contributed by atoms with Crippen LogP contribution in [0.25, 0.3) is 0 Å². The van der Waals surface area contributed by atoms with Gasteiger partial charge in [-0.1, -0.05) is 69.4 Å². The third-order valence-corrected chi connectivity index (χ3v) is 5.40. The Morgan fingerprint density at radius 1 is 1.00 bits per heavy atom. The van der Waals surface area contributed by atoms with E-state index in [0.717, 1.165) is 18.5 Å². The zero-order chi connectivity index (χ0) is 17.7. The maximum Gasteiger partial charge on any atom is 0.0942 e. The van der Waals surface area contributed by atoms with Gasteiger partial charge in [0, 0.05) is 6.04 Å². The van der Waals surface area contributed by atoms with Gasteiger partial charge in [0.2, 0.25) is 0 Å². The molecule has 142 valence electrons. The number of nitrogens with one attached hydrogen (secondary N) is 1. The van der Waals surface area contributed by atoms with E-state index in [-0.39, 0.29) is 6.04 Å². The third kappa shape index (κ3) is 7.89. The summed E-state index contributed by atoms with van der Waals surface area (Å²) in [5, 5.41) is 14.5.